The van der Waals surface area contributed by atoms with Crippen LogP contribution in [0, 0.1) is 0 Å². The molecule has 0 saturated heterocycles. The van der Waals surface area contributed by atoms with Crippen molar-refractivity contribution in [2.24, 2.45) is 0 Å². The number of carbonyl (C=O) groups is 1. The molecule has 0 aliphatic rings. The first kappa shape index (κ1) is 14.8. The molecule has 0 bridgehead atoms. The Hall–Kier alpha value is -1.26. The van der Waals surface area contributed by atoms with E-state index in [-0.39, 0.29) is 6.61 Å². The van der Waals surface area contributed by atoms with Gasteiger partial charge in [0.15, 0.2) is 0 Å². The van der Waals surface area contributed by atoms with Crippen LogP contribution in [-0.2, 0) is 4.74 Å². The van der Waals surface area contributed by atoms with Gasteiger partial charge in [-0.1, -0.05) is 23.7 Å². The topological polar surface area (TPSA) is 58.6 Å². The van der Waals surface area contributed by atoms with Crippen LogP contribution in [0.2, 0.25) is 5.02 Å². The maximum atomic E-state index is 11.6. The lowest BCUT2D eigenvalue weighted by atomic mass is 10.1. The van der Waals surface area contributed by atoms with Crippen LogP contribution < -0.4 is 5.32 Å². The van der Waals surface area contributed by atoms with E-state index in [1.165, 1.54) is 0 Å². The maximum Gasteiger partial charge on any atom is 0.408 e. The molecule has 100 valence electrons. The minimum absolute atomic E-state index is 0.207. The first-order valence-corrected chi connectivity index (χ1v) is 6.05. The lowest BCUT2D eigenvalue weighted by Gasteiger charge is -2.23. The van der Waals surface area contributed by atoms with E-state index in [1.54, 1.807) is 45.0 Å². The third kappa shape index (κ3) is 4.94. The molecular formula is C13H18ClNO3. The Morgan fingerprint density at radius 1 is 1.39 bits per heavy atom. The zero-order chi connectivity index (χ0) is 13.8. The van der Waals surface area contributed by atoms with Gasteiger partial charge >= 0.3 is 6.09 Å². The normalized spacial score (nSPS) is 12.9. The zero-order valence-electron chi connectivity index (χ0n) is 10.7. The third-order valence-corrected chi connectivity index (χ3v) is 2.40. The molecule has 0 heterocycles. The molecule has 1 unspecified atom stereocenters. The van der Waals surface area contributed by atoms with E-state index in [4.69, 9.17) is 16.3 Å². The lowest BCUT2D eigenvalue weighted by Crippen LogP contribution is -2.36. The fourth-order valence-electron chi connectivity index (χ4n) is 1.38. The van der Waals surface area contributed by atoms with Crippen LogP contribution in [0.3, 0.4) is 0 Å². The second kappa shape index (κ2) is 6.07. The van der Waals surface area contributed by atoms with Crippen molar-refractivity contribution in [1.29, 1.82) is 0 Å². The molecule has 0 fully saturated rings. The lowest BCUT2D eigenvalue weighted by molar-refractivity contribution is 0.0482. The SMILES string of the molecule is CC(C)(C)OC(=O)NC(CO)c1ccc(Cl)cc1. The molecule has 0 radical (unpaired) electrons. The Balaban J connectivity index is 2.68. The summed E-state index contributed by atoms with van der Waals surface area (Å²) in [5.74, 6) is 0. The molecule has 1 aromatic carbocycles. The fraction of sp³-hybridized carbons (Fsp3) is 0.462. The Kier molecular flexibility index (Phi) is 4.99. The van der Waals surface area contributed by atoms with Gasteiger partial charge in [0.05, 0.1) is 12.6 Å². The highest BCUT2D eigenvalue weighted by molar-refractivity contribution is 6.30. The number of ether oxygens (including phenoxy) is 1. The summed E-state index contributed by atoms with van der Waals surface area (Å²) in [5.41, 5.74) is 0.206. The maximum absolute atomic E-state index is 11.6. The summed E-state index contributed by atoms with van der Waals surface area (Å²) < 4.78 is 5.13. The number of alkyl carbamates (subject to hydrolysis) is 1. The molecule has 0 aliphatic carbocycles. The molecule has 1 rings (SSSR count). The highest BCUT2D eigenvalue weighted by atomic mass is 35.5. The summed E-state index contributed by atoms with van der Waals surface area (Å²) in [6.45, 7) is 5.13. The molecular weight excluding hydrogens is 254 g/mol. The van der Waals surface area contributed by atoms with Crippen LogP contribution in [0.25, 0.3) is 0 Å². The van der Waals surface area contributed by atoms with E-state index in [9.17, 15) is 9.90 Å². The Bertz CT molecular complexity index is 398. The number of hydrogen-bond donors (Lipinski definition) is 2. The Morgan fingerprint density at radius 2 is 1.94 bits per heavy atom. The minimum atomic E-state index is -0.565. The number of halogens is 1. The molecule has 1 aromatic rings. The minimum Gasteiger partial charge on any atom is -0.444 e. The second-order valence-electron chi connectivity index (χ2n) is 4.93. The van der Waals surface area contributed by atoms with Crippen LogP contribution in [0.15, 0.2) is 24.3 Å². The molecule has 1 amide bonds. The fourth-order valence-corrected chi connectivity index (χ4v) is 1.51. The second-order valence-corrected chi connectivity index (χ2v) is 5.37. The van der Waals surface area contributed by atoms with Gasteiger partial charge in [-0.25, -0.2) is 4.79 Å². The summed E-state index contributed by atoms with van der Waals surface area (Å²) in [6.07, 6.45) is -0.559. The molecule has 2 N–H and O–H groups in total. The van der Waals surface area contributed by atoms with Gasteiger partial charge in [-0.3, -0.25) is 0 Å². The van der Waals surface area contributed by atoms with Crippen LogP contribution >= 0.6 is 11.6 Å². The van der Waals surface area contributed by atoms with Crippen molar-refractivity contribution < 1.29 is 14.6 Å². The number of nitrogens with one attached hydrogen (secondary N) is 1. The van der Waals surface area contributed by atoms with Crippen molar-refractivity contribution in [3.63, 3.8) is 0 Å². The van der Waals surface area contributed by atoms with Gasteiger partial charge in [-0.05, 0) is 38.5 Å². The number of amides is 1. The van der Waals surface area contributed by atoms with Gasteiger partial charge in [0.1, 0.15) is 5.60 Å². The molecule has 0 aliphatic heterocycles. The average Bonchev–Trinajstić information content (AvgIpc) is 2.25. The molecule has 0 saturated carbocycles. The number of aliphatic hydroxyl groups excluding tert-OH is 1. The molecule has 5 heteroatoms. The van der Waals surface area contributed by atoms with Gasteiger partial charge in [0.25, 0.3) is 0 Å². The summed E-state index contributed by atoms with van der Waals surface area (Å²) in [7, 11) is 0. The van der Waals surface area contributed by atoms with Gasteiger partial charge in [-0.15, -0.1) is 0 Å². The van der Waals surface area contributed by atoms with Gasteiger partial charge in [0.2, 0.25) is 0 Å². The standard InChI is InChI=1S/C13H18ClNO3/c1-13(2,3)18-12(17)15-11(8-16)9-4-6-10(14)7-5-9/h4-7,11,16H,8H2,1-3H3,(H,15,17). The summed E-state index contributed by atoms with van der Waals surface area (Å²) in [6, 6.07) is 6.41. The third-order valence-electron chi connectivity index (χ3n) is 2.15. The van der Waals surface area contributed by atoms with E-state index in [1.807, 2.05) is 0 Å². The highest BCUT2D eigenvalue weighted by Crippen LogP contribution is 2.17. The predicted octanol–water partition coefficient (Wildman–Crippen LogP) is 2.90. The van der Waals surface area contributed by atoms with E-state index in [2.05, 4.69) is 5.32 Å². The summed E-state index contributed by atoms with van der Waals surface area (Å²) in [5, 5.41) is 12.5. The summed E-state index contributed by atoms with van der Waals surface area (Å²) >= 11 is 5.78. The largest absolute Gasteiger partial charge is 0.444 e. The van der Waals surface area contributed by atoms with E-state index in [0.717, 1.165) is 5.56 Å². The molecule has 18 heavy (non-hydrogen) atoms. The van der Waals surface area contributed by atoms with Crippen molar-refractivity contribution in [3.8, 4) is 0 Å². The van der Waals surface area contributed by atoms with Crippen molar-refractivity contribution in [1.82, 2.24) is 5.32 Å². The van der Waals surface area contributed by atoms with Crippen molar-refractivity contribution in [2.75, 3.05) is 6.61 Å². The smallest absolute Gasteiger partial charge is 0.408 e. The average molecular weight is 272 g/mol. The van der Waals surface area contributed by atoms with Gasteiger partial charge in [0, 0.05) is 5.02 Å². The number of rotatable bonds is 3. The van der Waals surface area contributed by atoms with Gasteiger partial charge < -0.3 is 15.2 Å². The van der Waals surface area contributed by atoms with Crippen LogP contribution in [0.1, 0.15) is 32.4 Å². The van der Waals surface area contributed by atoms with Crippen LogP contribution in [0.4, 0.5) is 4.79 Å². The number of carbonyl (C=O) groups excluding carboxylic acids is 1. The quantitative estimate of drug-likeness (QED) is 0.889. The van der Waals surface area contributed by atoms with E-state index < -0.39 is 17.7 Å². The zero-order valence-corrected chi connectivity index (χ0v) is 11.5. The monoisotopic (exact) mass is 271 g/mol. The van der Waals surface area contributed by atoms with E-state index >= 15 is 0 Å². The highest BCUT2D eigenvalue weighted by Gasteiger charge is 2.19. The first-order chi connectivity index (χ1) is 8.31. The first-order valence-electron chi connectivity index (χ1n) is 5.67. The Labute approximate surface area is 112 Å². The molecule has 0 spiro atoms. The van der Waals surface area contributed by atoms with Gasteiger partial charge in [-0.2, -0.15) is 0 Å². The van der Waals surface area contributed by atoms with E-state index in [0.29, 0.717) is 5.02 Å². The molecule has 1 atom stereocenters. The summed E-state index contributed by atoms with van der Waals surface area (Å²) in [4.78, 5) is 11.6. The number of hydrogen-bond acceptors (Lipinski definition) is 3. The van der Waals surface area contributed by atoms with Crippen molar-refractivity contribution in [3.05, 3.63) is 34.9 Å². The molecule has 0 aromatic heterocycles. The van der Waals surface area contributed by atoms with Crippen LogP contribution in [-0.4, -0.2) is 23.4 Å². The van der Waals surface area contributed by atoms with Crippen molar-refractivity contribution >= 4 is 17.7 Å². The number of aliphatic hydroxyl groups is 1. The van der Waals surface area contributed by atoms with Crippen molar-refractivity contribution in [2.45, 2.75) is 32.4 Å². The Morgan fingerprint density at radius 3 is 2.39 bits per heavy atom. The van der Waals surface area contributed by atoms with Crippen LogP contribution in [0.5, 0.6) is 0 Å². The number of benzene rings is 1. The molecule has 4 nitrogen and oxygen atoms in total. The predicted molar refractivity (Wildman–Crippen MR) is 70.6 cm³/mol.